The van der Waals surface area contributed by atoms with Gasteiger partial charge < -0.3 is 15.5 Å². The lowest BCUT2D eigenvalue weighted by molar-refractivity contribution is -0.140. The average molecular weight is 569 g/mol. The van der Waals surface area contributed by atoms with Crippen molar-refractivity contribution in [3.63, 3.8) is 0 Å². The van der Waals surface area contributed by atoms with Gasteiger partial charge in [-0.15, -0.1) is 24.0 Å². The van der Waals surface area contributed by atoms with Gasteiger partial charge in [-0.3, -0.25) is 19.5 Å². The molecule has 9 heteroatoms. The van der Waals surface area contributed by atoms with E-state index in [1.165, 1.54) is 11.0 Å². The van der Waals surface area contributed by atoms with Crippen molar-refractivity contribution in [2.45, 2.75) is 26.8 Å². The molecule has 0 radical (unpaired) electrons. The van der Waals surface area contributed by atoms with Crippen LogP contribution in [-0.2, 0) is 16.1 Å². The second-order valence-corrected chi connectivity index (χ2v) is 8.64. The van der Waals surface area contributed by atoms with Crippen LogP contribution in [0.1, 0.15) is 25.8 Å². The number of rotatable bonds is 8. The monoisotopic (exact) mass is 569 g/mol. The number of allylic oxidation sites excluding steroid dienone is 2. The van der Waals surface area contributed by atoms with Gasteiger partial charge in [0.25, 0.3) is 0 Å². The Morgan fingerprint density at radius 1 is 1.12 bits per heavy atom. The SMILES string of the molecule is CCN(CC)c1ccc(CNC(=NC)NCCN2C(=O)C3C4C=CC(C4)C3C2=O)cc1F.I. The number of anilines is 1. The molecule has 3 aliphatic rings. The number of halogens is 2. The summed E-state index contributed by atoms with van der Waals surface area (Å²) in [5.41, 5.74) is 1.41. The van der Waals surface area contributed by atoms with Gasteiger partial charge in [0.05, 0.1) is 17.5 Å². The Bertz CT molecular complexity index is 919. The number of hydrogen-bond donors (Lipinski definition) is 2. The van der Waals surface area contributed by atoms with E-state index < -0.39 is 0 Å². The van der Waals surface area contributed by atoms with Gasteiger partial charge in [-0.05, 0) is 49.8 Å². The van der Waals surface area contributed by atoms with E-state index in [-0.39, 0.29) is 65.3 Å². The van der Waals surface area contributed by atoms with E-state index in [9.17, 15) is 14.0 Å². The summed E-state index contributed by atoms with van der Waals surface area (Å²) in [6, 6.07) is 5.25. The number of carbonyl (C=O) groups excluding carboxylic acids is 2. The Labute approximate surface area is 211 Å². The molecule has 33 heavy (non-hydrogen) atoms. The van der Waals surface area contributed by atoms with Crippen molar-refractivity contribution in [3.8, 4) is 0 Å². The molecule has 180 valence electrons. The Hall–Kier alpha value is -2.17. The van der Waals surface area contributed by atoms with Crippen LogP contribution in [0.5, 0.6) is 0 Å². The Morgan fingerprint density at radius 2 is 1.76 bits per heavy atom. The van der Waals surface area contributed by atoms with Crippen LogP contribution in [0.2, 0.25) is 0 Å². The van der Waals surface area contributed by atoms with E-state index >= 15 is 0 Å². The molecule has 4 rings (SSSR count). The lowest BCUT2D eigenvalue weighted by Crippen LogP contribution is -2.43. The topological polar surface area (TPSA) is 77.0 Å². The van der Waals surface area contributed by atoms with Crippen molar-refractivity contribution in [2.24, 2.45) is 28.7 Å². The minimum atomic E-state index is -0.240. The van der Waals surface area contributed by atoms with Gasteiger partial charge in [0.1, 0.15) is 5.82 Å². The molecule has 2 aliphatic carbocycles. The highest BCUT2D eigenvalue weighted by Crippen LogP contribution is 2.52. The van der Waals surface area contributed by atoms with Gasteiger partial charge in [0.2, 0.25) is 11.8 Å². The fourth-order valence-corrected chi connectivity index (χ4v) is 5.36. The molecule has 1 saturated carbocycles. The summed E-state index contributed by atoms with van der Waals surface area (Å²) in [7, 11) is 1.65. The molecule has 2 amide bonds. The number of hydrogen-bond acceptors (Lipinski definition) is 4. The van der Waals surface area contributed by atoms with Gasteiger partial charge in [-0.2, -0.15) is 0 Å². The molecule has 4 unspecified atom stereocenters. The molecule has 1 heterocycles. The van der Waals surface area contributed by atoms with Crippen LogP contribution in [0, 0.1) is 29.5 Å². The van der Waals surface area contributed by atoms with Gasteiger partial charge >= 0.3 is 0 Å². The molecule has 0 spiro atoms. The minimum absolute atomic E-state index is 0. The molecule has 1 aromatic rings. The van der Waals surface area contributed by atoms with Gasteiger partial charge in [0.15, 0.2) is 5.96 Å². The van der Waals surface area contributed by atoms with Crippen molar-refractivity contribution in [1.29, 1.82) is 0 Å². The van der Waals surface area contributed by atoms with Crippen molar-refractivity contribution < 1.29 is 14.0 Å². The second-order valence-electron chi connectivity index (χ2n) is 8.64. The molecule has 1 aliphatic heterocycles. The van der Waals surface area contributed by atoms with E-state index in [4.69, 9.17) is 0 Å². The second kappa shape index (κ2) is 10.8. The third-order valence-electron chi connectivity index (χ3n) is 6.99. The molecule has 7 nitrogen and oxygen atoms in total. The number of nitrogens with zero attached hydrogens (tertiary/aromatic N) is 3. The summed E-state index contributed by atoms with van der Waals surface area (Å²) < 4.78 is 14.5. The van der Waals surface area contributed by atoms with Gasteiger partial charge in [-0.1, -0.05) is 18.2 Å². The summed E-state index contributed by atoms with van der Waals surface area (Å²) >= 11 is 0. The first kappa shape index (κ1) is 25.5. The highest BCUT2D eigenvalue weighted by molar-refractivity contribution is 14.0. The number of nitrogens with one attached hydrogen (secondary N) is 2. The van der Waals surface area contributed by atoms with Crippen LogP contribution in [0.3, 0.4) is 0 Å². The smallest absolute Gasteiger partial charge is 0.233 e. The largest absolute Gasteiger partial charge is 0.370 e. The first-order valence-corrected chi connectivity index (χ1v) is 11.5. The number of likely N-dealkylation sites (tertiary alicyclic amines) is 1. The predicted octanol–water partition coefficient (Wildman–Crippen LogP) is 2.76. The summed E-state index contributed by atoms with van der Waals surface area (Å²) in [4.78, 5) is 33.1. The number of imide groups is 1. The first-order chi connectivity index (χ1) is 15.5. The van der Waals surface area contributed by atoms with Gasteiger partial charge in [-0.25, -0.2) is 4.39 Å². The number of guanidine groups is 1. The lowest BCUT2D eigenvalue weighted by Gasteiger charge is -2.22. The zero-order chi connectivity index (χ0) is 22.8. The van der Waals surface area contributed by atoms with E-state index in [1.54, 1.807) is 13.1 Å². The normalized spacial score (nSPS) is 25.3. The fraction of sp³-hybridized carbons (Fsp3) is 0.542. The van der Waals surface area contributed by atoms with E-state index in [1.807, 2.05) is 24.8 Å². The molecular formula is C24H33FIN5O2. The zero-order valence-electron chi connectivity index (χ0n) is 19.4. The van der Waals surface area contributed by atoms with Gasteiger partial charge in [0, 0.05) is 39.8 Å². The van der Waals surface area contributed by atoms with E-state index in [0.29, 0.717) is 31.3 Å². The van der Waals surface area contributed by atoms with Crippen LogP contribution >= 0.6 is 24.0 Å². The van der Waals surface area contributed by atoms with Crippen molar-refractivity contribution >= 4 is 47.4 Å². The molecule has 4 atom stereocenters. The molecule has 2 bridgehead atoms. The standard InChI is InChI=1S/C24H32FN5O2.HI/c1-4-29(5-2)19-9-6-15(12-18(19)25)14-28-24(26-3)27-10-11-30-22(31)20-16-7-8-17(13-16)21(20)23(30)32;/h6-9,12,16-17,20-21H,4-5,10-11,13-14H2,1-3H3,(H2,26,27,28);1H. The fourth-order valence-electron chi connectivity index (χ4n) is 5.36. The van der Waals surface area contributed by atoms with E-state index in [2.05, 4.69) is 27.8 Å². The Kier molecular flexibility index (Phi) is 8.36. The van der Waals surface area contributed by atoms with Crippen molar-refractivity contribution in [2.75, 3.05) is 38.1 Å². The summed E-state index contributed by atoms with van der Waals surface area (Å²) in [6.45, 7) is 6.66. The molecule has 1 saturated heterocycles. The maximum atomic E-state index is 14.5. The Morgan fingerprint density at radius 3 is 2.30 bits per heavy atom. The first-order valence-electron chi connectivity index (χ1n) is 11.5. The maximum Gasteiger partial charge on any atom is 0.233 e. The zero-order valence-corrected chi connectivity index (χ0v) is 21.7. The molecule has 0 aromatic heterocycles. The number of amides is 2. The third-order valence-corrected chi connectivity index (χ3v) is 6.99. The van der Waals surface area contributed by atoms with Crippen LogP contribution in [0.4, 0.5) is 10.1 Å². The summed E-state index contributed by atoms with van der Waals surface area (Å²) in [6.07, 6.45) is 5.13. The predicted molar refractivity (Wildman–Crippen MR) is 138 cm³/mol. The van der Waals surface area contributed by atoms with Crippen LogP contribution in [0.15, 0.2) is 35.3 Å². The highest BCUT2D eigenvalue weighted by Gasteiger charge is 2.58. The quantitative estimate of drug-likeness (QED) is 0.166. The number of carbonyl (C=O) groups is 2. The maximum absolute atomic E-state index is 14.5. The third kappa shape index (κ3) is 4.88. The van der Waals surface area contributed by atoms with Crippen LogP contribution in [-0.4, -0.2) is 55.9 Å². The van der Waals surface area contributed by atoms with Crippen molar-refractivity contribution in [3.05, 3.63) is 41.7 Å². The Balaban J connectivity index is 0.00000306. The molecule has 2 N–H and O–H groups in total. The van der Waals surface area contributed by atoms with Crippen molar-refractivity contribution in [1.82, 2.24) is 15.5 Å². The number of benzene rings is 1. The molecular weight excluding hydrogens is 536 g/mol. The minimum Gasteiger partial charge on any atom is -0.370 e. The van der Waals surface area contributed by atoms with E-state index in [0.717, 1.165) is 25.1 Å². The molecule has 1 aromatic carbocycles. The highest BCUT2D eigenvalue weighted by atomic mass is 127. The lowest BCUT2D eigenvalue weighted by atomic mass is 9.85. The summed E-state index contributed by atoms with van der Waals surface area (Å²) in [5.74, 6) is 0.351. The summed E-state index contributed by atoms with van der Waals surface area (Å²) in [5, 5.41) is 6.31. The van der Waals surface area contributed by atoms with Crippen LogP contribution in [0.25, 0.3) is 0 Å². The van der Waals surface area contributed by atoms with Crippen LogP contribution < -0.4 is 15.5 Å². The molecule has 2 fully saturated rings. The average Bonchev–Trinajstić information content (AvgIpc) is 3.47. The number of fused-ring (bicyclic) bond motifs is 5. The number of aliphatic imine (C=N–C) groups is 1.